The average molecular weight is 338 g/mol. The maximum absolute atomic E-state index is 12.2. The predicted octanol–water partition coefficient (Wildman–Crippen LogP) is 2.06. The van der Waals surface area contributed by atoms with E-state index in [1.165, 1.54) is 16.7 Å². The van der Waals surface area contributed by atoms with Gasteiger partial charge in [-0.05, 0) is 38.3 Å². The lowest BCUT2D eigenvalue weighted by molar-refractivity contribution is -0.131. The molecule has 2 rings (SSSR count). The number of rotatable bonds is 5. The quantitative estimate of drug-likeness (QED) is 0.892. The van der Waals surface area contributed by atoms with Crippen molar-refractivity contribution in [2.45, 2.75) is 39.7 Å². The van der Waals surface area contributed by atoms with Gasteiger partial charge in [-0.3, -0.25) is 4.79 Å². The fourth-order valence-corrected chi connectivity index (χ4v) is 4.99. The number of nitrogens with zero attached hydrogens (tertiary/aromatic N) is 1. The Balaban J connectivity index is 1.88. The van der Waals surface area contributed by atoms with Gasteiger partial charge >= 0.3 is 0 Å². The van der Waals surface area contributed by atoms with Crippen LogP contribution in [0.5, 0.6) is 0 Å². The molecule has 0 aliphatic carbocycles. The fraction of sp³-hybridized carbons (Fsp3) is 0.588. The maximum Gasteiger partial charge on any atom is 0.224 e. The summed E-state index contributed by atoms with van der Waals surface area (Å²) >= 11 is 0. The minimum Gasteiger partial charge on any atom is -0.384 e. The van der Waals surface area contributed by atoms with Gasteiger partial charge in [0.15, 0.2) is 9.84 Å². The van der Waals surface area contributed by atoms with Crippen LogP contribution in [0.2, 0.25) is 0 Å². The number of amides is 1. The highest BCUT2D eigenvalue weighted by atomic mass is 32.2. The van der Waals surface area contributed by atoms with Crippen molar-refractivity contribution in [3.05, 3.63) is 28.8 Å². The zero-order valence-electron chi connectivity index (χ0n) is 14.3. The SMILES string of the molecule is Cc1cc(C)c(NCCC(=O)N(C)C2CCS(=O)(=O)C2)c(C)c1. The fourth-order valence-electron chi connectivity index (χ4n) is 3.21. The molecular formula is C17H26N2O3S. The van der Waals surface area contributed by atoms with Gasteiger partial charge in [-0.1, -0.05) is 17.7 Å². The molecule has 1 N–H and O–H groups in total. The van der Waals surface area contributed by atoms with Crippen LogP contribution < -0.4 is 5.32 Å². The number of sulfone groups is 1. The summed E-state index contributed by atoms with van der Waals surface area (Å²) in [5.74, 6) is 0.274. The normalized spacial score (nSPS) is 19.6. The second kappa shape index (κ2) is 6.91. The predicted molar refractivity (Wildman–Crippen MR) is 93.6 cm³/mol. The van der Waals surface area contributed by atoms with Crippen molar-refractivity contribution in [1.82, 2.24) is 4.90 Å². The Morgan fingerprint density at radius 1 is 1.26 bits per heavy atom. The van der Waals surface area contributed by atoms with Gasteiger partial charge in [-0.15, -0.1) is 0 Å². The smallest absolute Gasteiger partial charge is 0.224 e. The molecule has 1 heterocycles. The third-order valence-corrected chi connectivity index (χ3v) is 6.22. The molecule has 0 radical (unpaired) electrons. The van der Waals surface area contributed by atoms with E-state index in [1.54, 1.807) is 11.9 Å². The Bertz CT molecular complexity index is 675. The Labute approximate surface area is 139 Å². The first-order chi connectivity index (χ1) is 10.7. The van der Waals surface area contributed by atoms with Crippen LogP contribution in [0.4, 0.5) is 5.69 Å². The molecule has 1 aromatic rings. The molecule has 0 bridgehead atoms. The van der Waals surface area contributed by atoms with E-state index in [0.29, 0.717) is 19.4 Å². The first-order valence-electron chi connectivity index (χ1n) is 7.97. The summed E-state index contributed by atoms with van der Waals surface area (Å²) in [6, 6.07) is 4.06. The maximum atomic E-state index is 12.2. The minimum absolute atomic E-state index is 0.0120. The van der Waals surface area contributed by atoms with E-state index in [4.69, 9.17) is 0 Å². The van der Waals surface area contributed by atoms with Crippen LogP contribution in [0.15, 0.2) is 12.1 Å². The van der Waals surface area contributed by atoms with Crippen LogP contribution in [-0.4, -0.2) is 50.4 Å². The average Bonchev–Trinajstić information content (AvgIpc) is 2.80. The summed E-state index contributed by atoms with van der Waals surface area (Å²) in [6.45, 7) is 6.73. The Morgan fingerprint density at radius 2 is 1.87 bits per heavy atom. The molecule has 23 heavy (non-hydrogen) atoms. The first kappa shape index (κ1) is 17.8. The highest BCUT2D eigenvalue weighted by Gasteiger charge is 2.32. The lowest BCUT2D eigenvalue weighted by Crippen LogP contribution is -2.38. The lowest BCUT2D eigenvalue weighted by Gasteiger charge is -2.23. The Kier molecular flexibility index (Phi) is 5.34. The van der Waals surface area contributed by atoms with E-state index in [-0.39, 0.29) is 23.5 Å². The number of benzene rings is 1. The van der Waals surface area contributed by atoms with E-state index >= 15 is 0 Å². The van der Waals surface area contributed by atoms with Crippen LogP contribution in [0.3, 0.4) is 0 Å². The highest BCUT2D eigenvalue weighted by Crippen LogP contribution is 2.22. The number of nitrogens with one attached hydrogen (secondary N) is 1. The first-order valence-corrected chi connectivity index (χ1v) is 9.79. The van der Waals surface area contributed by atoms with Crippen molar-refractivity contribution in [1.29, 1.82) is 0 Å². The molecule has 0 aromatic heterocycles. The number of hydrogen-bond donors (Lipinski definition) is 1. The summed E-state index contributed by atoms with van der Waals surface area (Å²) in [5, 5.41) is 3.34. The highest BCUT2D eigenvalue weighted by molar-refractivity contribution is 7.91. The minimum atomic E-state index is -2.96. The van der Waals surface area contributed by atoms with Crippen LogP contribution in [0.25, 0.3) is 0 Å². The molecule has 1 unspecified atom stereocenters. The van der Waals surface area contributed by atoms with Gasteiger partial charge in [0.1, 0.15) is 0 Å². The number of hydrogen-bond acceptors (Lipinski definition) is 4. The molecule has 1 fully saturated rings. The summed E-state index contributed by atoms with van der Waals surface area (Å²) in [4.78, 5) is 13.8. The van der Waals surface area contributed by atoms with E-state index in [2.05, 4.69) is 38.2 Å². The van der Waals surface area contributed by atoms with Gasteiger partial charge in [0.2, 0.25) is 5.91 Å². The molecule has 128 valence electrons. The number of carbonyl (C=O) groups is 1. The number of aryl methyl sites for hydroxylation is 3. The molecule has 0 spiro atoms. The van der Waals surface area contributed by atoms with Crippen molar-refractivity contribution < 1.29 is 13.2 Å². The van der Waals surface area contributed by atoms with Crippen molar-refractivity contribution in [2.24, 2.45) is 0 Å². The van der Waals surface area contributed by atoms with Crippen molar-refractivity contribution in [2.75, 3.05) is 30.4 Å². The van der Waals surface area contributed by atoms with Crippen molar-refractivity contribution in [3.8, 4) is 0 Å². The summed E-state index contributed by atoms with van der Waals surface area (Å²) in [7, 11) is -1.26. The molecule has 1 aromatic carbocycles. The molecule has 1 saturated heterocycles. The second-order valence-corrected chi connectivity index (χ2v) is 8.74. The van der Waals surface area contributed by atoms with E-state index < -0.39 is 9.84 Å². The third-order valence-electron chi connectivity index (χ3n) is 4.47. The zero-order valence-corrected chi connectivity index (χ0v) is 15.2. The topological polar surface area (TPSA) is 66.5 Å². The Morgan fingerprint density at radius 3 is 2.39 bits per heavy atom. The van der Waals surface area contributed by atoms with Gasteiger partial charge < -0.3 is 10.2 Å². The van der Waals surface area contributed by atoms with Gasteiger partial charge in [0.25, 0.3) is 0 Å². The molecule has 1 amide bonds. The summed E-state index contributed by atoms with van der Waals surface area (Å²) < 4.78 is 23.0. The Hall–Kier alpha value is -1.56. The van der Waals surface area contributed by atoms with Gasteiger partial charge in [0.05, 0.1) is 11.5 Å². The molecule has 0 saturated carbocycles. The van der Waals surface area contributed by atoms with Crippen LogP contribution in [0, 0.1) is 20.8 Å². The third kappa shape index (κ3) is 4.47. The van der Waals surface area contributed by atoms with E-state index in [0.717, 1.165) is 5.69 Å². The molecule has 1 aliphatic heterocycles. The summed E-state index contributed by atoms with van der Waals surface area (Å²) in [6.07, 6.45) is 0.911. The van der Waals surface area contributed by atoms with Crippen LogP contribution in [0.1, 0.15) is 29.5 Å². The van der Waals surface area contributed by atoms with Crippen LogP contribution in [-0.2, 0) is 14.6 Å². The molecule has 1 aliphatic rings. The van der Waals surface area contributed by atoms with Gasteiger partial charge in [0, 0.05) is 31.7 Å². The number of anilines is 1. The monoisotopic (exact) mass is 338 g/mol. The molecule has 6 heteroatoms. The largest absolute Gasteiger partial charge is 0.384 e. The lowest BCUT2D eigenvalue weighted by atomic mass is 10.1. The van der Waals surface area contributed by atoms with Gasteiger partial charge in [-0.2, -0.15) is 0 Å². The molecule has 1 atom stereocenters. The van der Waals surface area contributed by atoms with Gasteiger partial charge in [-0.25, -0.2) is 8.42 Å². The van der Waals surface area contributed by atoms with Crippen LogP contribution >= 0.6 is 0 Å². The summed E-state index contributed by atoms with van der Waals surface area (Å²) in [5.41, 5.74) is 4.65. The second-order valence-electron chi connectivity index (χ2n) is 6.51. The zero-order chi connectivity index (χ0) is 17.2. The molecular weight excluding hydrogens is 312 g/mol. The van der Waals surface area contributed by atoms with E-state index in [9.17, 15) is 13.2 Å². The number of carbonyl (C=O) groups excluding carboxylic acids is 1. The molecule has 5 nitrogen and oxygen atoms in total. The van der Waals surface area contributed by atoms with E-state index in [1.807, 2.05) is 0 Å². The van der Waals surface area contributed by atoms with Crippen molar-refractivity contribution >= 4 is 21.4 Å². The standard InChI is InChI=1S/C17H26N2O3S/c1-12-9-13(2)17(14(3)10-12)18-7-5-16(20)19(4)15-6-8-23(21,22)11-15/h9-10,15,18H,5-8,11H2,1-4H3. The van der Waals surface area contributed by atoms with Crippen molar-refractivity contribution in [3.63, 3.8) is 0 Å².